The van der Waals surface area contributed by atoms with Crippen molar-refractivity contribution in [1.82, 2.24) is 4.72 Å². The maximum absolute atomic E-state index is 11.5. The number of carbonyl (C=O) groups excluding carboxylic acids is 1. The number of carbonyl (C=O) groups is 1. The largest absolute Gasteiger partial charge is 0.508 e. The van der Waals surface area contributed by atoms with E-state index in [0.29, 0.717) is 0 Å². The summed E-state index contributed by atoms with van der Waals surface area (Å²) in [5.41, 5.74) is 0.247. The van der Waals surface area contributed by atoms with Crippen molar-refractivity contribution in [2.45, 2.75) is 4.90 Å². The van der Waals surface area contributed by atoms with Gasteiger partial charge in [-0.3, -0.25) is 4.90 Å². The number of urea groups is 1. The topological polar surface area (TPSA) is 86.7 Å². The lowest BCUT2D eigenvalue weighted by atomic mass is 10.3. The minimum atomic E-state index is -3.85. The first kappa shape index (κ1) is 9.78. The molecule has 0 aromatic heterocycles. The van der Waals surface area contributed by atoms with Gasteiger partial charge in [0.15, 0.2) is 0 Å². The average Bonchev–Trinajstić information content (AvgIpc) is 2.14. The SMILES string of the molecule is CN1C(=O)NS(=O)(=O)c2cc(O)ccc21. The lowest BCUT2D eigenvalue weighted by molar-refractivity contribution is 0.251. The van der Waals surface area contributed by atoms with Crippen molar-refractivity contribution in [3.63, 3.8) is 0 Å². The number of amides is 2. The predicted octanol–water partition coefficient (Wildman–Crippen LogP) is 0.240. The van der Waals surface area contributed by atoms with Crippen LogP contribution in [0, 0.1) is 0 Å². The Bertz CT molecular complexity index is 538. The lowest BCUT2D eigenvalue weighted by Crippen LogP contribution is -2.45. The zero-order valence-electron chi connectivity index (χ0n) is 7.76. The molecule has 1 heterocycles. The molecule has 2 amide bonds. The smallest absolute Gasteiger partial charge is 0.335 e. The van der Waals surface area contributed by atoms with Gasteiger partial charge in [-0.2, -0.15) is 0 Å². The highest BCUT2D eigenvalue weighted by Gasteiger charge is 2.31. The fourth-order valence-corrected chi connectivity index (χ4v) is 2.58. The molecule has 0 unspecified atom stereocenters. The van der Waals surface area contributed by atoms with Gasteiger partial charge >= 0.3 is 6.03 Å². The van der Waals surface area contributed by atoms with Gasteiger partial charge in [0.05, 0.1) is 5.69 Å². The molecule has 0 saturated carbocycles. The molecule has 0 fully saturated rings. The number of nitrogens with one attached hydrogen (secondary N) is 1. The van der Waals surface area contributed by atoms with Crippen molar-refractivity contribution in [3.8, 4) is 5.75 Å². The van der Waals surface area contributed by atoms with Crippen LogP contribution in [0.25, 0.3) is 0 Å². The molecule has 2 rings (SSSR count). The molecule has 2 N–H and O–H groups in total. The second-order valence-electron chi connectivity index (χ2n) is 3.12. The molecule has 80 valence electrons. The third-order valence-electron chi connectivity index (χ3n) is 2.12. The zero-order chi connectivity index (χ0) is 11.2. The summed E-state index contributed by atoms with van der Waals surface area (Å²) in [7, 11) is -2.40. The molecule has 1 aliphatic heterocycles. The van der Waals surface area contributed by atoms with Crippen LogP contribution < -0.4 is 9.62 Å². The Hall–Kier alpha value is -1.76. The molecule has 1 aliphatic rings. The molecule has 0 saturated heterocycles. The number of sulfonamides is 1. The molecule has 15 heavy (non-hydrogen) atoms. The summed E-state index contributed by atoms with van der Waals surface area (Å²) in [5.74, 6) is -0.165. The monoisotopic (exact) mass is 228 g/mol. The van der Waals surface area contributed by atoms with E-state index < -0.39 is 16.1 Å². The van der Waals surface area contributed by atoms with Crippen LogP contribution in [0.3, 0.4) is 0 Å². The van der Waals surface area contributed by atoms with Crippen LogP contribution in [0.15, 0.2) is 23.1 Å². The molecule has 7 heteroatoms. The Morgan fingerprint density at radius 1 is 1.40 bits per heavy atom. The number of phenols is 1. The standard InChI is InChI=1S/C8H8N2O4S/c1-10-6-3-2-5(11)4-7(6)15(13,14)9-8(10)12/h2-4,11H,1H3,(H,9,12). The number of benzene rings is 1. The quantitative estimate of drug-likeness (QED) is 0.666. The van der Waals surface area contributed by atoms with Crippen LogP contribution in [0.5, 0.6) is 5.75 Å². The molecule has 0 radical (unpaired) electrons. The Kier molecular flexibility index (Phi) is 1.87. The van der Waals surface area contributed by atoms with Crippen molar-refractivity contribution in [2.75, 3.05) is 11.9 Å². The second kappa shape index (κ2) is 2.86. The molecular weight excluding hydrogens is 220 g/mol. The van der Waals surface area contributed by atoms with Crippen LogP contribution in [-0.2, 0) is 10.0 Å². The van der Waals surface area contributed by atoms with Gasteiger partial charge < -0.3 is 5.11 Å². The Balaban J connectivity index is 2.75. The maximum Gasteiger partial charge on any atom is 0.335 e. The molecule has 1 aromatic rings. The number of hydrogen-bond donors (Lipinski definition) is 2. The zero-order valence-corrected chi connectivity index (χ0v) is 8.58. The molecule has 0 aliphatic carbocycles. The van der Waals surface area contributed by atoms with E-state index in [2.05, 4.69) is 0 Å². The van der Waals surface area contributed by atoms with Gasteiger partial charge in [0.25, 0.3) is 10.0 Å². The number of anilines is 1. The highest BCUT2D eigenvalue weighted by molar-refractivity contribution is 7.90. The van der Waals surface area contributed by atoms with E-state index in [9.17, 15) is 18.3 Å². The first-order valence-corrected chi connectivity index (χ1v) is 5.53. The van der Waals surface area contributed by atoms with Gasteiger partial charge in [-0.05, 0) is 12.1 Å². The average molecular weight is 228 g/mol. The van der Waals surface area contributed by atoms with E-state index in [1.807, 2.05) is 4.72 Å². The number of hydrogen-bond acceptors (Lipinski definition) is 4. The summed E-state index contributed by atoms with van der Waals surface area (Å²) < 4.78 is 24.9. The van der Waals surface area contributed by atoms with Crippen LogP contribution in [0.1, 0.15) is 0 Å². The number of rotatable bonds is 0. The normalized spacial score (nSPS) is 18.2. The Labute approximate surface area is 86.2 Å². The maximum atomic E-state index is 11.5. The summed E-state index contributed by atoms with van der Waals surface area (Å²) in [6.07, 6.45) is 0. The third kappa shape index (κ3) is 1.40. The first-order chi connectivity index (χ1) is 6.92. The summed E-state index contributed by atoms with van der Waals surface area (Å²) in [5, 5.41) is 9.18. The first-order valence-electron chi connectivity index (χ1n) is 4.05. The van der Waals surface area contributed by atoms with Gasteiger partial charge in [-0.25, -0.2) is 17.9 Å². The summed E-state index contributed by atoms with van der Waals surface area (Å²) >= 11 is 0. The van der Waals surface area contributed by atoms with Gasteiger partial charge in [-0.15, -0.1) is 0 Å². The van der Waals surface area contributed by atoms with Crippen molar-refractivity contribution in [1.29, 1.82) is 0 Å². The summed E-state index contributed by atoms with van der Waals surface area (Å²) in [4.78, 5) is 12.3. The van der Waals surface area contributed by atoms with E-state index in [1.54, 1.807) is 0 Å². The van der Waals surface area contributed by atoms with Crippen molar-refractivity contribution >= 4 is 21.7 Å². The minimum absolute atomic E-state index is 0.107. The number of nitrogens with zero attached hydrogens (tertiary/aromatic N) is 1. The van der Waals surface area contributed by atoms with E-state index >= 15 is 0 Å². The molecule has 0 bridgehead atoms. The van der Waals surface area contributed by atoms with E-state index in [0.717, 1.165) is 11.0 Å². The summed E-state index contributed by atoms with van der Waals surface area (Å²) in [6.45, 7) is 0. The molecule has 1 aromatic carbocycles. The number of aromatic hydroxyl groups is 1. The van der Waals surface area contributed by atoms with Crippen LogP contribution in [0.4, 0.5) is 10.5 Å². The number of phenolic OH excluding ortho intramolecular Hbond substituents is 1. The van der Waals surface area contributed by atoms with Gasteiger partial charge in [0, 0.05) is 13.1 Å². The van der Waals surface area contributed by atoms with Gasteiger partial charge in [-0.1, -0.05) is 0 Å². The van der Waals surface area contributed by atoms with E-state index in [1.165, 1.54) is 19.2 Å². The van der Waals surface area contributed by atoms with Gasteiger partial charge in [0.2, 0.25) is 0 Å². The third-order valence-corrected chi connectivity index (χ3v) is 3.47. The van der Waals surface area contributed by atoms with E-state index in [-0.39, 0.29) is 16.3 Å². The van der Waals surface area contributed by atoms with E-state index in [4.69, 9.17) is 0 Å². The van der Waals surface area contributed by atoms with Crippen molar-refractivity contribution in [2.24, 2.45) is 0 Å². The highest BCUT2D eigenvalue weighted by Crippen LogP contribution is 2.30. The molecule has 0 atom stereocenters. The van der Waals surface area contributed by atoms with Crippen molar-refractivity contribution < 1.29 is 18.3 Å². The van der Waals surface area contributed by atoms with Crippen LogP contribution in [0.2, 0.25) is 0 Å². The Morgan fingerprint density at radius 3 is 2.73 bits per heavy atom. The summed E-state index contributed by atoms with van der Waals surface area (Å²) in [6, 6.07) is 3.08. The molecular formula is C8H8N2O4S. The van der Waals surface area contributed by atoms with Crippen LogP contribution >= 0.6 is 0 Å². The Morgan fingerprint density at radius 2 is 2.07 bits per heavy atom. The molecule has 0 spiro atoms. The second-order valence-corrected chi connectivity index (χ2v) is 4.77. The lowest BCUT2D eigenvalue weighted by Gasteiger charge is -2.25. The fraction of sp³-hybridized carbons (Fsp3) is 0.125. The highest BCUT2D eigenvalue weighted by atomic mass is 32.2. The molecule has 6 nitrogen and oxygen atoms in total. The van der Waals surface area contributed by atoms with Crippen molar-refractivity contribution in [3.05, 3.63) is 18.2 Å². The number of fused-ring (bicyclic) bond motifs is 1. The fourth-order valence-electron chi connectivity index (χ4n) is 1.34. The minimum Gasteiger partial charge on any atom is -0.508 e. The predicted molar refractivity (Wildman–Crippen MR) is 52.2 cm³/mol. The van der Waals surface area contributed by atoms with Gasteiger partial charge in [0.1, 0.15) is 10.6 Å². The van der Waals surface area contributed by atoms with Crippen LogP contribution in [-0.4, -0.2) is 26.6 Å².